The van der Waals surface area contributed by atoms with E-state index in [1.165, 1.54) is 23.3 Å². The number of nitrogens with zero attached hydrogens (tertiary/aromatic N) is 2. The van der Waals surface area contributed by atoms with Crippen LogP contribution in [0.15, 0.2) is 30.3 Å². The minimum atomic E-state index is -4.56. The zero-order valence-corrected chi connectivity index (χ0v) is 23.6. The van der Waals surface area contributed by atoms with Gasteiger partial charge in [-0.2, -0.15) is 13.2 Å². The Kier molecular flexibility index (Phi) is 10.9. The van der Waals surface area contributed by atoms with Crippen LogP contribution in [0, 0.1) is 13.8 Å². The highest BCUT2D eigenvalue weighted by Gasteiger charge is 2.38. The maximum atomic E-state index is 13.3. The molecule has 0 bridgehead atoms. The lowest BCUT2D eigenvalue weighted by molar-refractivity contribution is -0.137. The Morgan fingerprint density at radius 1 is 1.03 bits per heavy atom. The molecule has 1 aliphatic rings. The SMILES string of the molecule is COCCN(C)CCCCOc1ccc(CN2CCC(O)(c3ccc(Cl)c(C(F)(F)F)c3)CC2)c(C)c1C. The van der Waals surface area contributed by atoms with Gasteiger partial charge in [0.05, 0.1) is 29.4 Å². The van der Waals surface area contributed by atoms with Crippen molar-refractivity contribution in [3.05, 3.63) is 63.2 Å². The second-order valence-electron chi connectivity index (χ2n) is 10.3. The van der Waals surface area contributed by atoms with Crippen LogP contribution in [0.1, 0.15) is 53.5 Å². The van der Waals surface area contributed by atoms with Gasteiger partial charge in [0.15, 0.2) is 0 Å². The molecule has 3 rings (SSSR count). The number of hydrogen-bond acceptors (Lipinski definition) is 5. The molecule has 1 N–H and O–H groups in total. The molecule has 0 amide bonds. The van der Waals surface area contributed by atoms with Crippen LogP contribution < -0.4 is 4.74 Å². The number of ether oxygens (including phenoxy) is 2. The van der Waals surface area contributed by atoms with Crippen molar-refractivity contribution in [3.8, 4) is 5.75 Å². The summed E-state index contributed by atoms with van der Waals surface area (Å²) in [5.41, 5.74) is 1.54. The van der Waals surface area contributed by atoms with E-state index in [2.05, 4.69) is 36.8 Å². The molecular weight excluding hydrogens is 517 g/mol. The molecular formula is C29H40ClF3N2O3. The third kappa shape index (κ3) is 8.09. The first-order valence-electron chi connectivity index (χ1n) is 13.2. The molecule has 1 saturated heterocycles. The van der Waals surface area contributed by atoms with E-state index in [4.69, 9.17) is 21.1 Å². The van der Waals surface area contributed by atoms with Crippen molar-refractivity contribution < 1.29 is 27.8 Å². The van der Waals surface area contributed by atoms with E-state index >= 15 is 0 Å². The zero-order valence-electron chi connectivity index (χ0n) is 22.8. The number of likely N-dealkylation sites (N-methyl/N-ethyl adjacent to an activating group) is 1. The van der Waals surface area contributed by atoms with Crippen LogP contribution in [0.4, 0.5) is 13.2 Å². The van der Waals surface area contributed by atoms with Gasteiger partial charge < -0.3 is 19.5 Å². The summed E-state index contributed by atoms with van der Waals surface area (Å²) >= 11 is 5.76. The molecule has 1 heterocycles. The lowest BCUT2D eigenvalue weighted by Gasteiger charge is -2.39. The number of benzene rings is 2. The highest BCUT2D eigenvalue weighted by Crippen LogP contribution is 2.40. The van der Waals surface area contributed by atoms with Crippen LogP contribution in [0.25, 0.3) is 0 Å². The Balaban J connectivity index is 1.52. The van der Waals surface area contributed by atoms with Crippen LogP contribution in [-0.4, -0.2) is 68.5 Å². The summed E-state index contributed by atoms with van der Waals surface area (Å²) in [6, 6.07) is 7.82. The Hall–Kier alpha value is -1.84. The summed E-state index contributed by atoms with van der Waals surface area (Å²) in [7, 11) is 3.81. The quantitative estimate of drug-likeness (QED) is 0.316. The van der Waals surface area contributed by atoms with E-state index in [0.29, 0.717) is 39.1 Å². The van der Waals surface area contributed by atoms with Gasteiger partial charge in [-0.25, -0.2) is 0 Å². The van der Waals surface area contributed by atoms with E-state index < -0.39 is 17.3 Å². The highest BCUT2D eigenvalue weighted by molar-refractivity contribution is 6.31. The molecule has 0 aliphatic carbocycles. The number of alkyl halides is 3. The smallest absolute Gasteiger partial charge is 0.417 e. The molecule has 5 nitrogen and oxygen atoms in total. The van der Waals surface area contributed by atoms with Crippen LogP contribution >= 0.6 is 11.6 Å². The largest absolute Gasteiger partial charge is 0.493 e. The van der Waals surface area contributed by atoms with Gasteiger partial charge >= 0.3 is 6.18 Å². The Bertz CT molecular complexity index is 1060. The standard InChI is InChI=1S/C29H40ClF3N2O3/c1-21-22(2)27(38-17-6-5-13-34(3)16-18-37-4)10-7-23(21)20-35-14-11-28(36,12-15-35)24-8-9-26(30)25(19-24)29(31,32)33/h7-10,19,36H,5-6,11-18,20H2,1-4H3. The van der Waals surface area contributed by atoms with Gasteiger partial charge in [0.1, 0.15) is 5.75 Å². The summed E-state index contributed by atoms with van der Waals surface area (Å²) in [5, 5.41) is 10.8. The topological polar surface area (TPSA) is 45.2 Å². The van der Waals surface area contributed by atoms with Crippen LogP contribution in [0.3, 0.4) is 0 Å². The Morgan fingerprint density at radius 2 is 1.74 bits per heavy atom. The third-order valence-corrected chi connectivity index (χ3v) is 7.93. The molecule has 1 fully saturated rings. The first-order chi connectivity index (χ1) is 17.9. The van der Waals surface area contributed by atoms with Gasteiger partial charge in [-0.3, -0.25) is 4.90 Å². The number of unbranched alkanes of at least 4 members (excludes halogenated alkanes) is 1. The molecule has 0 aromatic heterocycles. The van der Waals surface area contributed by atoms with E-state index in [0.717, 1.165) is 49.9 Å². The fourth-order valence-electron chi connectivity index (χ4n) is 4.85. The first-order valence-corrected chi connectivity index (χ1v) is 13.5. The average molecular weight is 557 g/mol. The van der Waals surface area contributed by atoms with Crippen molar-refractivity contribution in [1.29, 1.82) is 0 Å². The van der Waals surface area contributed by atoms with Crippen molar-refractivity contribution in [2.45, 2.75) is 57.9 Å². The number of likely N-dealkylation sites (tertiary alicyclic amines) is 1. The molecule has 38 heavy (non-hydrogen) atoms. The van der Waals surface area contributed by atoms with Crippen molar-refractivity contribution in [2.75, 3.05) is 53.6 Å². The normalized spacial score (nSPS) is 16.3. The van der Waals surface area contributed by atoms with Gasteiger partial charge in [0.25, 0.3) is 0 Å². The van der Waals surface area contributed by atoms with Crippen LogP contribution in [0.2, 0.25) is 5.02 Å². The van der Waals surface area contributed by atoms with Gasteiger partial charge in [0, 0.05) is 33.3 Å². The summed E-state index contributed by atoms with van der Waals surface area (Å²) in [6.07, 6.45) is -1.81. The number of aliphatic hydroxyl groups is 1. The van der Waals surface area contributed by atoms with Crippen molar-refractivity contribution in [2.24, 2.45) is 0 Å². The van der Waals surface area contributed by atoms with Crippen molar-refractivity contribution in [1.82, 2.24) is 9.80 Å². The lowest BCUT2D eigenvalue weighted by Crippen LogP contribution is -2.42. The Morgan fingerprint density at radius 3 is 2.39 bits per heavy atom. The number of hydrogen-bond donors (Lipinski definition) is 1. The van der Waals surface area contributed by atoms with Gasteiger partial charge in [-0.15, -0.1) is 0 Å². The molecule has 212 valence electrons. The fraction of sp³-hybridized carbons (Fsp3) is 0.586. The summed E-state index contributed by atoms with van der Waals surface area (Å²) < 4.78 is 51.1. The third-order valence-electron chi connectivity index (χ3n) is 7.60. The second kappa shape index (κ2) is 13.5. The number of methoxy groups -OCH3 is 1. The predicted molar refractivity (Wildman–Crippen MR) is 145 cm³/mol. The fourth-order valence-corrected chi connectivity index (χ4v) is 5.07. The van der Waals surface area contributed by atoms with Crippen LogP contribution in [0.5, 0.6) is 5.75 Å². The lowest BCUT2D eigenvalue weighted by atomic mass is 9.83. The van der Waals surface area contributed by atoms with E-state index in [9.17, 15) is 18.3 Å². The molecule has 0 atom stereocenters. The minimum absolute atomic E-state index is 0.268. The molecule has 2 aromatic rings. The van der Waals surface area contributed by atoms with Crippen molar-refractivity contribution >= 4 is 11.6 Å². The monoisotopic (exact) mass is 556 g/mol. The predicted octanol–water partition coefficient (Wildman–Crippen LogP) is 6.20. The van der Waals surface area contributed by atoms with E-state index in [1.54, 1.807) is 7.11 Å². The van der Waals surface area contributed by atoms with Gasteiger partial charge in [0.2, 0.25) is 0 Å². The average Bonchev–Trinajstić information content (AvgIpc) is 2.87. The molecule has 2 aromatic carbocycles. The van der Waals surface area contributed by atoms with Crippen molar-refractivity contribution in [3.63, 3.8) is 0 Å². The maximum Gasteiger partial charge on any atom is 0.417 e. The molecule has 0 radical (unpaired) electrons. The molecule has 9 heteroatoms. The second-order valence-corrected chi connectivity index (χ2v) is 10.7. The summed E-state index contributed by atoms with van der Waals surface area (Å²) in [5.74, 6) is 0.898. The molecule has 1 aliphatic heterocycles. The van der Waals surface area contributed by atoms with Crippen LogP contribution in [-0.2, 0) is 23.1 Å². The van der Waals surface area contributed by atoms with Gasteiger partial charge in [-0.1, -0.05) is 23.7 Å². The first kappa shape index (κ1) is 30.7. The number of halogens is 4. The highest BCUT2D eigenvalue weighted by atomic mass is 35.5. The molecule has 0 unspecified atom stereocenters. The maximum absolute atomic E-state index is 13.3. The summed E-state index contributed by atoms with van der Waals surface area (Å²) in [6.45, 7) is 9.38. The zero-order chi connectivity index (χ0) is 27.9. The Labute approximate surface area is 229 Å². The molecule has 0 saturated carbocycles. The van der Waals surface area contributed by atoms with E-state index in [1.807, 2.05) is 6.07 Å². The molecule has 0 spiro atoms. The van der Waals surface area contributed by atoms with Gasteiger partial charge in [-0.05, 0) is 93.6 Å². The van der Waals surface area contributed by atoms with E-state index in [-0.39, 0.29) is 10.6 Å². The number of piperidine rings is 1. The number of rotatable bonds is 12. The summed E-state index contributed by atoms with van der Waals surface area (Å²) in [4.78, 5) is 4.49. The minimum Gasteiger partial charge on any atom is -0.493 e.